The van der Waals surface area contributed by atoms with E-state index < -0.39 is 0 Å². The van der Waals surface area contributed by atoms with Crippen LogP contribution in [0.25, 0.3) is 0 Å². The molecule has 4 rings (SSSR count). The second-order valence-corrected chi connectivity index (χ2v) is 8.90. The van der Waals surface area contributed by atoms with Crippen molar-refractivity contribution in [3.8, 4) is 5.75 Å². The van der Waals surface area contributed by atoms with Crippen LogP contribution in [0.3, 0.4) is 0 Å². The zero-order valence-corrected chi connectivity index (χ0v) is 19.5. The summed E-state index contributed by atoms with van der Waals surface area (Å²) in [5.74, 6) is 1.30. The zero-order chi connectivity index (χ0) is 23.0. The molecule has 0 aliphatic carbocycles. The van der Waals surface area contributed by atoms with Crippen LogP contribution in [0.15, 0.2) is 78.9 Å². The van der Waals surface area contributed by atoms with Gasteiger partial charge in [-0.05, 0) is 42.7 Å². The maximum atomic E-state index is 12.7. The molecule has 1 atom stereocenters. The van der Waals surface area contributed by atoms with Gasteiger partial charge in [0.25, 0.3) is 5.91 Å². The summed E-state index contributed by atoms with van der Waals surface area (Å²) >= 11 is 1.64. The molecule has 5 nitrogen and oxygen atoms in total. The first-order valence-electron chi connectivity index (χ1n) is 11.2. The van der Waals surface area contributed by atoms with Crippen LogP contribution >= 0.6 is 11.8 Å². The van der Waals surface area contributed by atoms with Crippen LogP contribution in [0, 0.1) is 0 Å². The lowest BCUT2D eigenvalue weighted by Gasteiger charge is -2.24. The molecule has 0 radical (unpaired) electrons. The van der Waals surface area contributed by atoms with Crippen LogP contribution in [0.1, 0.15) is 39.3 Å². The van der Waals surface area contributed by atoms with E-state index in [0.717, 1.165) is 23.3 Å². The van der Waals surface area contributed by atoms with Gasteiger partial charge in [0, 0.05) is 24.2 Å². The van der Waals surface area contributed by atoms with Gasteiger partial charge >= 0.3 is 0 Å². The normalized spacial score (nSPS) is 15.5. The van der Waals surface area contributed by atoms with Gasteiger partial charge in [0.15, 0.2) is 0 Å². The highest BCUT2D eigenvalue weighted by Gasteiger charge is 2.32. The molecule has 1 aliphatic rings. The molecule has 0 spiro atoms. The molecule has 33 heavy (non-hydrogen) atoms. The van der Waals surface area contributed by atoms with Crippen LogP contribution < -0.4 is 10.1 Å². The Balaban J connectivity index is 1.37. The molecule has 0 aromatic heterocycles. The summed E-state index contributed by atoms with van der Waals surface area (Å²) < 4.78 is 5.63. The Kier molecular flexibility index (Phi) is 7.68. The van der Waals surface area contributed by atoms with E-state index in [1.807, 2.05) is 78.6 Å². The summed E-state index contributed by atoms with van der Waals surface area (Å²) in [5, 5.41) is 2.95. The fourth-order valence-electron chi connectivity index (χ4n) is 3.89. The van der Waals surface area contributed by atoms with Gasteiger partial charge in [0.05, 0.1) is 12.4 Å². The molecule has 2 amide bonds. The molecule has 1 aliphatic heterocycles. The monoisotopic (exact) mass is 460 g/mol. The Morgan fingerprint density at radius 2 is 1.76 bits per heavy atom. The number of nitrogens with one attached hydrogen (secondary N) is 1. The van der Waals surface area contributed by atoms with Crippen LogP contribution in [0.4, 0.5) is 0 Å². The van der Waals surface area contributed by atoms with E-state index >= 15 is 0 Å². The minimum atomic E-state index is -0.135. The topological polar surface area (TPSA) is 58.6 Å². The predicted octanol–water partition coefficient (Wildman–Crippen LogP) is 4.83. The molecule has 1 saturated heterocycles. The van der Waals surface area contributed by atoms with Gasteiger partial charge in [0.1, 0.15) is 11.1 Å². The smallest absolute Gasteiger partial charge is 0.251 e. The van der Waals surface area contributed by atoms with Crippen molar-refractivity contribution in [2.75, 3.05) is 18.9 Å². The molecule has 3 aromatic rings. The first-order valence-corrected chi connectivity index (χ1v) is 12.2. The zero-order valence-electron chi connectivity index (χ0n) is 18.7. The number of amides is 2. The number of thioether (sulfide) groups is 1. The molecule has 3 aromatic carbocycles. The molecule has 0 unspecified atom stereocenters. The quantitative estimate of drug-likeness (QED) is 0.497. The Bertz CT molecular complexity index is 1090. The van der Waals surface area contributed by atoms with Crippen molar-refractivity contribution in [2.24, 2.45) is 0 Å². The van der Waals surface area contributed by atoms with E-state index in [4.69, 9.17) is 4.74 Å². The molecule has 1 N–H and O–H groups in total. The van der Waals surface area contributed by atoms with Gasteiger partial charge in [-0.15, -0.1) is 11.8 Å². The maximum Gasteiger partial charge on any atom is 0.251 e. The molecule has 6 heteroatoms. The van der Waals surface area contributed by atoms with Gasteiger partial charge in [-0.2, -0.15) is 0 Å². The number of rotatable bonds is 9. The van der Waals surface area contributed by atoms with Gasteiger partial charge in [-0.1, -0.05) is 60.7 Å². The highest BCUT2D eigenvalue weighted by atomic mass is 32.2. The van der Waals surface area contributed by atoms with Gasteiger partial charge < -0.3 is 15.0 Å². The first kappa shape index (κ1) is 22.9. The fourth-order valence-corrected chi connectivity index (χ4v) is 5.11. The average Bonchev–Trinajstić information content (AvgIpc) is 3.23. The summed E-state index contributed by atoms with van der Waals surface area (Å²) in [6, 6.07) is 25.5. The average molecular weight is 461 g/mol. The summed E-state index contributed by atoms with van der Waals surface area (Å²) in [5.41, 5.74) is 3.80. The number of carbonyl (C=O) groups is 2. The highest BCUT2D eigenvalue weighted by Crippen LogP contribution is 2.38. The number of nitrogens with zero attached hydrogens (tertiary/aromatic N) is 1. The molecular formula is C27H28N2O3S. The van der Waals surface area contributed by atoms with E-state index in [0.29, 0.717) is 31.0 Å². The molecule has 1 heterocycles. The van der Waals surface area contributed by atoms with E-state index in [1.165, 1.54) is 5.56 Å². The van der Waals surface area contributed by atoms with Crippen molar-refractivity contribution in [3.05, 3.63) is 101 Å². The standard InChI is InChI=1S/C27H28N2O3S/c1-2-32-24-11-7-6-10-23(24)18-28-26(31)21-12-14-22(15-13-21)27-29(25(30)19-33-27)17-16-20-8-4-3-5-9-20/h3-15,27H,2,16-19H2,1H3,(H,28,31)/t27-/m0/s1. The first-order chi connectivity index (χ1) is 16.2. The van der Waals surface area contributed by atoms with Crippen LogP contribution in [-0.2, 0) is 17.8 Å². The Labute approximate surface area is 199 Å². The molecule has 170 valence electrons. The van der Waals surface area contributed by atoms with Crippen LogP contribution in [0.5, 0.6) is 5.75 Å². The number of hydrogen-bond donors (Lipinski definition) is 1. The van der Waals surface area contributed by atoms with E-state index in [9.17, 15) is 9.59 Å². The van der Waals surface area contributed by atoms with Crippen molar-refractivity contribution in [2.45, 2.75) is 25.3 Å². The number of para-hydroxylation sites is 1. The Hall–Kier alpha value is -3.25. The van der Waals surface area contributed by atoms with Gasteiger partial charge in [0.2, 0.25) is 5.91 Å². The fraction of sp³-hybridized carbons (Fsp3) is 0.259. The van der Waals surface area contributed by atoms with Gasteiger partial charge in [-0.25, -0.2) is 0 Å². The van der Waals surface area contributed by atoms with E-state index in [-0.39, 0.29) is 17.2 Å². The lowest BCUT2D eigenvalue weighted by Crippen LogP contribution is -2.30. The van der Waals surface area contributed by atoms with E-state index in [2.05, 4.69) is 17.4 Å². The Morgan fingerprint density at radius 1 is 1.03 bits per heavy atom. The Morgan fingerprint density at radius 3 is 2.52 bits per heavy atom. The third-order valence-electron chi connectivity index (χ3n) is 5.62. The van der Waals surface area contributed by atoms with Crippen LogP contribution in [0.2, 0.25) is 0 Å². The summed E-state index contributed by atoms with van der Waals surface area (Å²) in [6.45, 7) is 3.60. The minimum Gasteiger partial charge on any atom is -0.494 e. The maximum absolute atomic E-state index is 12.7. The largest absolute Gasteiger partial charge is 0.494 e. The predicted molar refractivity (Wildman–Crippen MR) is 132 cm³/mol. The number of carbonyl (C=O) groups excluding carboxylic acids is 2. The highest BCUT2D eigenvalue weighted by molar-refractivity contribution is 8.00. The third-order valence-corrected chi connectivity index (χ3v) is 6.88. The van der Waals surface area contributed by atoms with Crippen molar-refractivity contribution < 1.29 is 14.3 Å². The second kappa shape index (κ2) is 11.1. The molecule has 0 saturated carbocycles. The lowest BCUT2D eigenvalue weighted by atomic mass is 10.1. The van der Waals surface area contributed by atoms with Crippen molar-refractivity contribution in [1.82, 2.24) is 10.2 Å². The van der Waals surface area contributed by atoms with Gasteiger partial charge in [-0.3, -0.25) is 9.59 Å². The van der Waals surface area contributed by atoms with Crippen molar-refractivity contribution >= 4 is 23.6 Å². The van der Waals surface area contributed by atoms with E-state index in [1.54, 1.807) is 11.8 Å². The van der Waals surface area contributed by atoms with Crippen molar-refractivity contribution in [1.29, 1.82) is 0 Å². The summed E-state index contributed by atoms with van der Waals surface area (Å²) in [4.78, 5) is 27.1. The molecule has 1 fully saturated rings. The van der Waals surface area contributed by atoms with Crippen LogP contribution in [-0.4, -0.2) is 35.6 Å². The lowest BCUT2D eigenvalue weighted by molar-refractivity contribution is -0.128. The summed E-state index contributed by atoms with van der Waals surface area (Å²) in [7, 11) is 0. The second-order valence-electron chi connectivity index (χ2n) is 7.83. The number of ether oxygens (including phenoxy) is 1. The molecule has 0 bridgehead atoms. The number of benzene rings is 3. The minimum absolute atomic E-state index is 0.0172. The summed E-state index contributed by atoms with van der Waals surface area (Å²) in [6.07, 6.45) is 0.827. The van der Waals surface area contributed by atoms with Crippen molar-refractivity contribution in [3.63, 3.8) is 0 Å². The molecular weight excluding hydrogens is 432 g/mol. The number of hydrogen-bond acceptors (Lipinski definition) is 4. The third kappa shape index (κ3) is 5.76. The SMILES string of the molecule is CCOc1ccccc1CNC(=O)c1ccc([C@@H]2SCC(=O)N2CCc2ccccc2)cc1.